The van der Waals surface area contributed by atoms with Gasteiger partial charge in [-0.2, -0.15) is 0 Å². The summed E-state index contributed by atoms with van der Waals surface area (Å²) < 4.78 is 0. The first-order chi connectivity index (χ1) is 11.4. The van der Waals surface area contributed by atoms with Crippen LogP contribution in [0, 0.1) is 0 Å². The van der Waals surface area contributed by atoms with Crippen LogP contribution in [0.1, 0.15) is 37.5 Å². The van der Waals surface area contributed by atoms with Crippen molar-refractivity contribution in [2.75, 3.05) is 0 Å². The summed E-state index contributed by atoms with van der Waals surface area (Å²) in [6, 6.07) is 17.5. The predicted molar refractivity (Wildman–Crippen MR) is 96.7 cm³/mol. The average Bonchev–Trinajstić information content (AvgIpc) is 2.60. The maximum absolute atomic E-state index is 12.2. The van der Waals surface area contributed by atoms with Gasteiger partial charge in [0.05, 0.1) is 6.61 Å². The minimum atomic E-state index is -0.209. The first-order valence-electron chi connectivity index (χ1n) is 8.22. The molecule has 0 saturated heterocycles. The van der Waals surface area contributed by atoms with E-state index in [2.05, 4.69) is 36.6 Å². The van der Waals surface area contributed by atoms with Gasteiger partial charge in [0, 0.05) is 18.0 Å². The van der Waals surface area contributed by atoms with Crippen LogP contribution in [0.4, 0.5) is 4.79 Å². The fourth-order valence-corrected chi connectivity index (χ4v) is 2.61. The topological polar surface area (TPSA) is 61.4 Å². The number of aliphatic hydroxyl groups excluding tert-OH is 1. The summed E-state index contributed by atoms with van der Waals surface area (Å²) in [4.78, 5) is 12.2. The highest BCUT2D eigenvalue weighted by Crippen LogP contribution is 2.26. The van der Waals surface area contributed by atoms with Crippen LogP contribution in [0.2, 0.25) is 0 Å². The standard InChI is InChI=1S/C20H26N2O2/c1-15(20(2,3)18-11-5-4-6-12-18)22-19(24)21-13-16-9-7-8-10-17(16)14-23/h4-12,15,23H,13-14H2,1-3H3,(H2,21,22,24). The molecular formula is C20H26N2O2. The van der Waals surface area contributed by atoms with Gasteiger partial charge in [0.25, 0.3) is 0 Å². The molecule has 2 rings (SSSR count). The van der Waals surface area contributed by atoms with Gasteiger partial charge in [-0.3, -0.25) is 0 Å². The lowest BCUT2D eigenvalue weighted by molar-refractivity contribution is 0.230. The Labute approximate surface area is 143 Å². The average molecular weight is 326 g/mol. The zero-order valence-electron chi connectivity index (χ0n) is 14.5. The van der Waals surface area contributed by atoms with Crippen molar-refractivity contribution >= 4 is 6.03 Å². The minimum Gasteiger partial charge on any atom is -0.392 e. The molecule has 2 aromatic carbocycles. The lowest BCUT2D eigenvalue weighted by atomic mass is 9.78. The molecule has 24 heavy (non-hydrogen) atoms. The number of nitrogens with one attached hydrogen (secondary N) is 2. The van der Waals surface area contributed by atoms with Gasteiger partial charge in [-0.05, 0) is 23.6 Å². The Morgan fingerprint density at radius 1 is 1.04 bits per heavy atom. The van der Waals surface area contributed by atoms with E-state index in [-0.39, 0.29) is 24.1 Å². The lowest BCUT2D eigenvalue weighted by Crippen LogP contribution is -2.49. The first kappa shape index (κ1) is 18.0. The first-order valence-corrected chi connectivity index (χ1v) is 8.22. The molecule has 2 aromatic rings. The molecule has 0 aliphatic rings. The monoisotopic (exact) mass is 326 g/mol. The molecule has 0 heterocycles. The summed E-state index contributed by atoms with van der Waals surface area (Å²) in [6.07, 6.45) is 0. The molecule has 0 aromatic heterocycles. The quantitative estimate of drug-likeness (QED) is 0.762. The molecule has 0 radical (unpaired) electrons. The third-order valence-electron chi connectivity index (χ3n) is 4.68. The molecule has 3 N–H and O–H groups in total. The highest BCUT2D eigenvalue weighted by molar-refractivity contribution is 5.74. The molecule has 0 fully saturated rings. The van der Waals surface area contributed by atoms with Crippen molar-refractivity contribution in [2.45, 2.75) is 45.4 Å². The fourth-order valence-electron chi connectivity index (χ4n) is 2.61. The van der Waals surface area contributed by atoms with Gasteiger partial charge < -0.3 is 15.7 Å². The minimum absolute atomic E-state index is 0.0308. The molecule has 4 nitrogen and oxygen atoms in total. The second-order valence-electron chi connectivity index (χ2n) is 6.56. The van der Waals surface area contributed by atoms with E-state index in [0.717, 1.165) is 11.1 Å². The normalized spacial score (nSPS) is 12.5. The number of rotatable bonds is 6. The Morgan fingerprint density at radius 2 is 1.62 bits per heavy atom. The predicted octanol–water partition coefficient (Wildman–Crippen LogP) is 3.34. The maximum atomic E-state index is 12.2. The number of hydrogen-bond acceptors (Lipinski definition) is 2. The van der Waals surface area contributed by atoms with Crippen molar-refractivity contribution in [3.63, 3.8) is 0 Å². The van der Waals surface area contributed by atoms with E-state index >= 15 is 0 Å². The van der Waals surface area contributed by atoms with Crippen LogP contribution in [0.5, 0.6) is 0 Å². The molecule has 1 unspecified atom stereocenters. The number of benzene rings is 2. The van der Waals surface area contributed by atoms with E-state index in [1.54, 1.807) is 0 Å². The molecule has 0 spiro atoms. The van der Waals surface area contributed by atoms with Crippen molar-refractivity contribution < 1.29 is 9.90 Å². The van der Waals surface area contributed by atoms with Crippen LogP contribution < -0.4 is 10.6 Å². The van der Waals surface area contributed by atoms with Crippen molar-refractivity contribution in [3.05, 3.63) is 71.3 Å². The van der Waals surface area contributed by atoms with E-state index < -0.39 is 0 Å². The SMILES string of the molecule is CC(NC(=O)NCc1ccccc1CO)C(C)(C)c1ccccc1. The largest absolute Gasteiger partial charge is 0.392 e. The third-order valence-corrected chi connectivity index (χ3v) is 4.68. The van der Waals surface area contributed by atoms with Crippen molar-refractivity contribution in [2.24, 2.45) is 0 Å². The van der Waals surface area contributed by atoms with Crippen LogP contribution >= 0.6 is 0 Å². The molecule has 1 atom stereocenters. The summed E-state index contributed by atoms with van der Waals surface area (Å²) in [7, 11) is 0. The van der Waals surface area contributed by atoms with E-state index in [0.29, 0.717) is 6.54 Å². The lowest BCUT2D eigenvalue weighted by Gasteiger charge is -2.33. The molecule has 0 bridgehead atoms. The Bertz CT molecular complexity index is 668. The number of aliphatic hydroxyl groups is 1. The van der Waals surface area contributed by atoms with Gasteiger partial charge in [-0.1, -0.05) is 68.4 Å². The van der Waals surface area contributed by atoms with Crippen LogP contribution in [-0.4, -0.2) is 17.2 Å². The molecule has 2 amide bonds. The number of urea groups is 1. The number of amides is 2. The zero-order chi connectivity index (χ0) is 17.6. The summed E-state index contributed by atoms with van der Waals surface area (Å²) in [5.41, 5.74) is 2.76. The van der Waals surface area contributed by atoms with Gasteiger partial charge >= 0.3 is 6.03 Å². The van der Waals surface area contributed by atoms with Crippen LogP contribution in [0.25, 0.3) is 0 Å². The highest BCUT2D eigenvalue weighted by Gasteiger charge is 2.28. The second kappa shape index (κ2) is 7.97. The smallest absolute Gasteiger partial charge is 0.315 e. The van der Waals surface area contributed by atoms with E-state index in [1.807, 2.05) is 49.4 Å². The van der Waals surface area contributed by atoms with E-state index in [4.69, 9.17) is 0 Å². The zero-order valence-corrected chi connectivity index (χ0v) is 14.5. The van der Waals surface area contributed by atoms with Gasteiger partial charge in [0.15, 0.2) is 0 Å². The van der Waals surface area contributed by atoms with Crippen LogP contribution in [0.3, 0.4) is 0 Å². The molecule has 128 valence electrons. The number of carbonyl (C=O) groups excluding carboxylic acids is 1. The van der Waals surface area contributed by atoms with Crippen LogP contribution in [-0.2, 0) is 18.6 Å². The summed E-state index contributed by atoms with van der Waals surface area (Å²) >= 11 is 0. The Kier molecular flexibility index (Phi) is 5.99. The molecule has 4 heteroatoms. The highest BCUT2D eigenvalue weighted by atomic mass is 16.3. The Hall–Kier alpha value is -2.33. The van der Waals surface area contributed by atoms with Crippen molar-refractivity contribution in [1.82, 2.24) is 10.6 Å². The number of hydrogen-bond donors (Lipinski definition) is 3. The van der Waals surface area contributed by atoms with Crippen molar-refractivity contribution in [1.29, 1.82) is 0 Å². The van der Waals surface area contributed by atoms with E-state index in [9.17, 15) is 9.90 Å². The van der Waals surface area contributed by atoms with E-state index in [1.165, 1.54) is 5.56 Å². The summed E-state index contributed by atoms with van der Waals surface area (Å²) in [5, 5.41) is 15.2. The van der Waals surface area contributed by atoms with Crippen molar-refractivity contribution in [3.8, 4) is 0 Å². The third kappa shape index (κ3) is 4.36. The molecule has 0 saturated carbocycles. The second-order valence-corrected chi connectivity index (χ2v) is 6.56. The molecule has 0 aliphatic carbocycles. The van der Waals surface area contributed by atoms with Gasteiger partial charge in [-0.25, -0.2) is 4.79 Å². The fraction of sp³-hybridized carbons (Fsp3) is 0.350. The Morgan fingerprint density at radius 3 is 2.25 bits per heavy atom. The Balaban J connectivity index is 1.94. The molecule has 0 aliphatic heterocycles. The van der Waals surface area contributed by atoms with Gasteiger partial charge in [0.1, 0.15) is 0 Å². The maximum Gasteiger partial charge on any atom is 0.315 e. The van der Waals surface area contributed by atoms with Gasteiger partial charge in [-0.15, -0.1) is 0 Å². The molecular weight excluding hydrogens is 300 g/mol. The van der Waals surface area contributed by atoms with Crippen LogP contribution in [0.15, 0.2) is 54.6 Å². The summed E-state index contributed by atoms with van der Waals surface area (Å²) in [6.45, 7) is 6.61. The van der Waals surface area contributed by atoms with Gasteiger partial charge in [0.2, 0.25) is 0 Å². The number of carbonyl (C=O) groups is 1. The summed E-state index contributed by atoms with van der Waals surface area (Å²) in [5.74, 6) is 0.